The van der Waals surface area contributed by atoms with Gasteiger partial charge in [-0.2, -0.15) is 0 Å². The second-order valence-electron chi connectivity index (χ2n) is 3.13. The standard InChI is InChI=1S/C12H9BrClNO/c13-10-5-1-2-6-11(10)16-12-9(8-14)4-3-7-15-12/h1-7H,8H2. The third-order valence-corrected chi connectivity index (χ3v) is 2.98. The second-order valence-corrected chi connectivity index (χ2v) is 4.26. The first kappa shape index (κ1) is 11.4. The number of hydrogen-bond donors (Lipinski definition) is 0. The zero-order valence-electron chi connectivity index (χ0n) is 8.36. The number of rotatable bonds is 3. The van der Waals surface area contributed by atoms with Crippen LogP contribution >= 0.6 is 27.5 Å². The minimum atomic E-state index is 0.383. The molecule has 0 amide bonds. The first-order valence-electron chi connectivity index (χ1n) is 4.73. The maximum absolute atomic E-state index is 5.81. The lowest BCUT2D eigenvalue weighted by Crippen LogP contribution is -1.92. The number of aromatic nitrogens is 1. The minimum absolute atomic E-state index is 0.383. The summed E-state index contributed by atoms with van der Waals surface area (Å²) in [6.07, 6.45) is 1.68. The van der Waals surface area contributed by atoms with Crippen molar-refractivity contribution in [1.29, 1.82) is 0 Å². The minimum Gasteiger partial charge on any atom is -0.438 e. The highest BCUT2D eigenvalue weighted by atomic mass is 79.9. The van der Waals surface area contributed by atoms with Crippen LogP contribution in [0.4, 0.5) is 0 Å². The molecule has 0 aliphatic heterocycles. The third kappa shape index (κ3) is 2.54. The van der Waals surface area contributed by atoms with Gasteiger partial charge in [-0.1, -0.05) is 18.2 Å². The second kappa shape index (κ2) is 5.32. The lowest BCUT2D eigenvalue weighted by atomic mass is 10.3. The van der Waals surface area contributed by atoms with Crippen LogP contribution in [0.15, 0.2) is 47.1 Å². The van der Waals surface area contributed by atoms with E-state index in [0.29, 0.717) is 11.8 Å². The quantitative estimate of drug-likeness (QED) is 0.785. The first-order chi connectivity index (χ1) is 7.81. The summed E-state index contributed by atoms with van der Waals surface area (Å²) in [5.41, 5.74) is 0.875. The number of ether oxygens (including phenoxy) is 1. The van der Waals surface area contributed by atoms with Crippen LogP contribution in [0.25, 0.3) is 0 Å². The Labute approximate surface area is 107 Å². The fraction of sp³-hybridized carbons (Fsp3) is 0.0833. The van der Waals surface area contributed by atoms with E-state index >= 15 is 0 Å². The Morgan fingerprint density at radius 2 is 2.00 bits per heavy atom. The number of nitrogens with zero attached hydrogens (tertiary/aromatic N) is 1. The van der Waals surface area contributed by atoms with Crippen molar-refractivity contribution in [2.75, 3.05) is 0 Å². The van der Waals surface area contributed by atoms with E-state index in [1.54, 1.807) is 6.20 Å². The molecular formula is C12H9BrClNO. The molecule has 1 aromatic carbocycles. The van der Waals surface area contributed by atoms with E-state index < -0.39 is 0 Å². The van der Waals surface area contributed by atoms with Crippen LogP contribution < -0.4 is 4.74 Å². The fourth-order valence-corrected chi connectivity index (χ4v) is 1.82. The molecule has 0 aliphatic carbocycles. The number of pyridine rings is 1. The highest BCUT2D eigenvalue weighted by Crippen LogP contribution is 2.30. The van der Waals surface area contributed by atoms with Gasteiger partial charge in [0.15, 0.2) is 0 Å². The molecule has 2 nitrogen and oxygen atoms in total. The average molecular weight is 299 g/mol. The van der Waals surface area contributed by atoms with Gasteiger partial charge in [0.05, 0.1) is 10.4 Å². The van der Waals surface area contributed by atoms with E-state index in [4.69, 9.17) is 16.3 Å². The van der Waals surface area contributed by atoms with Crippen LogP contribution in [0, 0.1) is 0 Å². The summed E-state index contributed by atoms with van der Waals surface area (Å²) >= 11 is 9.22. The molecule has 0 saturated carbocycles. The largest absolute Gasteiger partial charge is 0.438 e. The fourth-order valence-electron chi connectivity index (χ4n) is 1.25. The molecule has 1 heterocycles. The summed E-state index contributed by atoms with van der Waals surface area (Å²) in [5, 5.41) is 0. The topological polar surface area (TPSA) is 22.1 Å². The molecule has 0 unspecified atom stereocenters. The lowest BCUT2D eigenvalue weighted by molar-refractivity contribution is 0.455. The van der Waals surface area contributed by atoms with Crippen molar-refractivity contribution in [3.05, 3.63) is 52.6 Å². The molecule has 1 aromatic heterocycles. The van der Waals surface area contributed by atoms with Gasteiger partial charge in [0, 0.05) is 11.8 Å². The number of alkyl halides is 1. The molecule has 0 atom stereocenters. The number of halogens is 2. The molecule has 4 heteroatoms. The van der Waals surface area contributed by atoms with Crippen molar-refractivity contribution in [3.8, 4) is 11.6 Å². The van der Waals surface area contributed by atoms with E-state index in [0.717, 1.165) is 15.8 Å². The highest BCUT2D eigenvalue weighted by Gasteiger charge is 2.06. The van der Waals surface area contributed by atoms with Crippen LogP contribution in [0.3, 0.4) is 0 Å². The highest BCUT2D eigenvalue weighted by molar-refractivity contribution is 9.10. The zero-order chi connectivity index (χ0) is 11.4. The molecule has 16 heavy (non-hydrogen) atoms. The van der Waals surface area contributed by atoms with Gasteiger partial charge in [-0.3, -0.25) is 0 Å². The third-order valence-electron chi connectivity index (χ3n) is 2.04. The molecule has 0 N–H and O–H groups in total. The van der Waals surface area contributed by atoms with E-state index in [1.165, 1.54) is 0 Å². The lowest BCUT2D eigenvalue weighted by Gasteiger charge is -2.08. The van der Waals surface area contributed by atoms with E-state index in [1.807, 2.05) is 36.4 Å². The molecule has 0 radical (unpaired) electrons. The molecular weight excluding hydrogens is 289 g/mol. The number of para-hydroxylation sites is 1. The van der Waals surface area contributed by atoms with Crippen molar-refractivity contribution in [3.63, 3.8) is 0 Å². The van der Waals surface area contributed by atoms with Crippen molar-refractivity contribution in [2.45, 2.75) is 5.88 Å². The molecule has 0 spiro atoms. The summed E-state index contributed by atoms with van der Waals surface area (Å²) in [5.74, 6) is 1.66. The average Bonchev–Trinajstić information content (AvgIpc) is 2.33. The Morgan fingerprint density at radius 3 is 2.75 bits per heavy atom. The Hall–Kier alpha value is -1.06. The monoisotopic (exact) mass is 297 g/mol. The summed E-state index contributed by atoms with van der Waals surface area (Å²) in [7, 11) is 0. The van der Waals surface area contributed by atoms with Crippen molar-refractivity contribution in [1.82, 2.24) is 4.98 Å². The summed E-state index contributed by atoms with van der Waals surface area (Å²) < 4.78 is 6.58. The molecule has 82 valence electrons. The predicted molar refractivity (Wildman–Crippen MR) is 68.0 cm³/mol. The van der Waals surface area contributed by atoms with Crippen LogP contribution in [0.5, 0.6) is 11.6 Å². The Kier molecular flexibility index (Phi) is 3.80. The Bertz CT molecular complexity index is 490. The molecule has 2 aromatic rings. The maximum atomic E-state index is 5.81. The van der Waals surface area contributed by atoms with Crippen LogP contribution in [0.2, 0.25) is 0 Å². The molecule has 0 bridgehead atoms. The van der Waals surface area contributed by atoms with Gasteiger partial charge in [-0.05, 0) is 34.1 Å². The Balaban J connectivity index is 2.30. The van der Waals surface area contributed by atoms with Gasteiger partial charge in [0.2, 0.25) is 5.88 Å². The summed E-state index contributed by atoms with van der Waals surface area (Å²) in [6.45, 7) is 0. The van der Waals surface area contributed by atoms with Crippen molar-refractivity contribution < 1.29 is 4.74 Å². The molecule has 2 rings (SSSR count). The number of hydrogen-bond acceptors (Lipinski definition) is 2. The molecule has 0 saturated heterocycles. The van der Waals surface area contributed by atoms with Gasteiger partial charge in [-0.15, -0.1) is 11.6 Å². The van der Waals surface area contributed by atoms with Crippen LogP contribution in [0.1, 0.15) is 5.56 Å². The van der Waals surface area contributed by atoms with E-state index in [9.17, 15) is 0 Å². The summed E-state index contributed by atoms with van der Waals surface area (Å²) in [4.78, 5) is 4.16. The SMILES string of the molecule is ClCc1cccnc1Oc1ccccc1Br. The Morgan fingerprint density at radius 1 is 1.19 bits per heavy atom. The van der Waals surface area contributed by atoms with E-state index in [-0.39, 0.29) is 0 Å². The van der Waals surface area contributed by atoms with Gasteiger partial charge in [0.25, 0.3) is 0 Å². The normalized spacial score (nSPS) is 10.1. The van der Waals surface area contributed by atoms with Crippen LogP contribution in [-0.2, 0) is 5.88 Å². The van der Waals surface area contributed by atoms with Crippen LogP contribution in [-0.4, -0.2) is 4.98 Å². The first-order valence-corrected chi connectivity index (χ1v) is 6.06. The van der Waals surface area contributed by atoms with E-state index in [2.05, 4.69) is 20.9 Å². The predicted octanol–water partition coefficient (Wildman–Crippen LogP) is 4.38. The number of benzene rings is 1. The van der Waals surface area contributed by atoms with Gasteiger partial charge < -0.3 is 4.74 Å². The van der Waals surface area contributed by atoms with Crippen molar-refractivity contribution >= 4 is 27.5 Å². The molecule has 0 aliphatic rings. The maximum Gasteiger partial charge on any atom is 0.223 e. The van der Waals surface area contributed by atoms with Crippen molar-refractivity contribution in [2.24, 2.45) is 0 Å². The smallest absolute Gasteiger partial charge is 0.223 e. The molecule has 0 fully saturated rings. The van der Waals surface area contributed by atoms with Gasteiger partial charge in [0.1, 0.15) is 5.75 Å². The summed E-state index contributed by atoms with van der Waals surface area (Å²) in [6, 6.07) is 11.4. The zero-order valence-corrected chi connectivity index (χ0v) is 10.7. The van der Waals surface area contributed by atoms with Gasteiger partial charge >= 0.3 is 0 Å². The van der Waals surface area contributed by atoms with Gasteiger partial charge in [-0.25, -0.2) is 4.98 Å².